The fourth-order valence-electron chi connectivity index (χ4n) is 2.94. The number of nitrogens with one attached hydrogen (secondary N) is 2. The van der Waals surface area contributed by atoms with Crippen LogP contribution in [0.2, 0.25) is 0 Å². The monoisotopic (exact) mass is 279 g/mol. The van der Waals surface area contributed by atoms with Crippen molar-refractivity contribution in [2.75, 3.05) is 37.6 Å². The fraction of sp³-hybridized carbons (Fsp3) is 0.769. The molecule has 2 aliphatic rings. The minimum atomic E-state index is 0.122. The van der Waals surface area contributed by atoms with Gasteiger partial charge in [0.2, 0.25) is 11.8 Å². The van der Waals surface area contributed by atoms with Crippen molar-refractivity contribution >= 4 is 11.8 Å². The van der Waals surface area contributed by atoms with Crippen LogP contribution in [0.15, 0.2) is 10.7 Å². The van der Waals surface area contributed by atoms with Crippen LogP contribution in [0.1, 0.15) is 19.3 Å². The average Bonchev–Trinajstić information content (AvgIpc) is 3.18. The van der Waals surface area contributed by atoms with Crippen LogP contribution in [0, 0.1) is 11.8 Å². The Balaban J connectivity index is 1.42. The summed E-state index contributed by atoms with van der Waals surface area (Å²) in [6.45, 7) is 4.54. The molecular weight excluding hydrogens is 258 g/mol. The van der Waals surface area contributed by atoms with Crippen LogP contribution in [-0.4, -0.2) is 49.0 Å². The summed E-state index contributed by atoms with van der Waals surface area (Å²) < 4.78 is 5.04. The molecule has 2 fully saturated rings. The number of rotatable bonds is 4. The van der Waals surface area contributed by atoms with Gasteiger partial charge in [0, 0.05) is 30.8 Å². The molecule has 0 radical (unpaired) electrons. The molecule has 0 spiro atoms. The van der Waals surface area contributed by atoms with Gasteiger partial charge < -0.3 is 20.1 Å². The normalized spacial score (nSPS) is 24.0. The topological polar surface area (TPSA) is 83.3 Å². The maximum absolute atomic E-state index is 12.1. The molecule has 2 aliphatic heterocycles. The smallest absolute Gasteiger partial charge is 0.247 e. The van der Waals surface area contributed by atoms with Crippen molar-refractivity contribution in [3.05, 3.63) is 6.20 Å². The Morgan fingerprint density at radius 3 is 2.95 bits per heavy atom. The van der Waals surface area contributed by atoms with E-state index in [0.717, 1.165) is 52.0 Å². The molecule has 0 bridgehead atoms. The number of hydrogen-bond acceptors (Lipinski definition) is 6. The van der Waals surface area contributed by atoms with Crippen molar-refractivity contribution in [2.24, 2.45) is 11.8 Å². The molecule has 1 aromatic rings. The summed E-state index contributed by atoms with van der Waals surface area (Å²) in [5.41, 5.74) is 0. The fourth-order valence-corrected chi connectivity index (χ4v) is 2.94. The number of anilines is 1. The summed E-state index contributed by atoms with van der Waals surface area (Å²) in [5.74, 6) is 1.61. The maximum Gasteiger partial charge on any atom is 0.247 e. The first-order chi connectivity index (χ1) is 9.83. The van der Waals surface area contributed by atoms with Crippen LogP contribution in [0.25, 0.3) is 0 Å². The third-order valence-electron chi connectivity index (χ3n) is 4.25. The predicted octanol–water partition coefficient (Wildman–Crippen LogP) is 0.0117. The van der Waals surface area contributed by atoms with Gasteiger partial charge in [0.15, 0.2) is 0 Å². The van der Waals surface area contributed by atoms with Crippen molar-refractivity contribution in [3.63, 3.8) is 0 Å². The molecule has 0 saturated carbocycles. The highest BCUT2D eigenvalue weighted by molar-refractivity contribution is 5.78. The van der Waals surface area contributed by atoms with Gasteiger partial charge >= 0.3 is 0 Å². The highest BCUT2D eigenvalue weighted by atomic mass is 16.5. The summed E-state index contributed by atoms with van der Waals surface area (Å²) in [7, 11) is 0. The van der Waals surface area contributed by atoms with E-state index in [1.54, 1.807) is 6.20 Å². The Kier molecular flexibility index (Phi) is 4.15. The molecule has 1 atom stereocenters. The number of piperidine rings is 1. The SMILES string of the molecule is O=C(NCC1CCNC1)C1CCN(c2cnno2)CC1. The van der Waals surface area contributed by atoms with Crippen LogP contribution in [-0.2, 0) is 4.79 Å². The molecule has 3 rings (SSSR count). The van der Waals surface area contributed by atoms with Crippen molar-refractivity contribution in [3.8, 4) is 0 Å². The number of amides is 1. The van der Waals surface area contributed by atoms with Crippen LogP contribution in [0.3, 0.4) is 0 Å². The molecule has 1 amide bonds. The number of carbonyl (C=O) groups is 1. The lowest BCUT2D eigenvalue weighted by atomic mass is 9.95. The molecular formula is C13H21N5O2. The molecule has 2 N–H and O–H groups in total. The first-order valence-corrected chi connectivity index (χ1v) is 7.33. The van der Waals surface area contributed by atoms with E-state index in [2.05, 4.69) is 25.9 Å². The van der Waals surface area contributed by atoms with Gasteiger partial charge in [0.25, 0.3) is 0 Å². The molecule has 1 aromatic heterocycles. The van der Waals surface area contributed by atoms with Crippen molar-refractivity contribution in [1.29, 1.82) is 0 Å². The van der Waals surface area contributed by atoms with E-state index < -0.39 is 0 Å². The number of carbonyl (C=O) groups excluding carboxylic acids is 1. The summed E-state index contributed by atoms with van der Waals surface area (Å²) in [6.07, 6.45) is 4.50. The van der Waals surface area contributed by atoms with Crippen molar-refractivity contribution in [2.45, 2.75) is 19.3 Å². The van der Waals surface area contributed by atoms with Crippen molar-refractivity contribution < 1.29 is 9.32 Å². The lowest BCUT2D eigenvalue weighted by Crippen LogP contribution is -2.41. The Bertz CT molecular complexity index is 422. The molecule has 2 saturated heterocycles. The number of hydrogen-bond donors (Lipinski definition) is 2. The molecule has 7 nitrogen and oxygen atoms in total. The van der Waals surface area contributed by atoms with E-state index in [1.807, 2.05) is 0 Å². The highest BCUT2D eigenvalue weighted by Crippen LogP contribution is 2.22. The van der Waals surface area contributed by atoms with E-state index >= 15 is 0 Å². The zero-order valence-corrected chi connectivity index (χ0v) is 11.5. The van der Waals surface area contributed by atoms with Gasteiger partial charge in [-0.1, -0.05) is 0 Å². The second kappa shape index (κ2) is 6.21. The Hall–Kier alpha value is -1.63. The minimum Gasteiger partial charge on any atom is -0.356 e. The summed E-state index contributed by atoms with van der Waals surface area (Å²) in [6, 6.07) is 0. The highest BCUT2D eigenvalue weighted by Gasteiger charge is 2.27. The largest absolute Gasteiger partial charge is 0.356 e. The molecule has 3 heterocycles. The molecule has 110 valence electrons. The third kappa shape index (κ3) is 3.09. The predicted molar refractivity (Wildman–Crippen MR) is 73.2 cm³/mol. The number of nitrogens with zero attached hydrogens (tertiary/aromatic N) is 3. The van der Waals surface area contributed by atoms with Gasteiger partial charge in [-0.2, -0.15) is 0 Å². The van der Waals surface area contributed by atoms with Crippen molar-refractivity contribution in [1.82, 2.24) is 21.0 Å². The first kappa shape index (κ1) is 13.4. The lowest BCUT2D eigenvalue weighted by molar-refractivity contribution is -0.125. The second-order valence-electron chi connectivity index (χ2n) is 5.62. The maximum atomic E-state index is 12.1. The average molecular weight is 279 g/mol. The molecule has 7 heteroatoms. The van der Waals surface area contributed by atoms with Gasteiger partial charge in [0.05, 0.1) is 0 Å². The van der Waals surface area contributed by atoms with E-state index in [9.17, 15) is 4.79 Å². The van der Waals surface area contributed by atoms with Gasteiger partial charge in [0.1, 0.15) is 6.20 Å². The summed E-state index contributed by atoms with van der Waals surface area (Å²) in [5, 5.41) is 13.6. The van der Waals surface area contributed by atoms with Crippen LogP contribution in [0.5, 0.6) is 0 Å². The molecule has 1 unspecified atom stereocenters. The quantitative estimate of drug-likeness (QED) is 0.808. The van der Waals surface area contributed by atoms with Crippen LogP contribution >= 0.6 is 0 Å². The van der Waals surface area contributed by atoms with Crippen LogP contribution < -0.4 is 15.5 Å². The molecule has 0 aromatic carbocycles. The Morgan fingerprint density at radius 2 is 2.30 bits per heavy atom. The van der Waals surface area contributed by atoms with Gasteiger partial charge in [-0.25, -0.2) is 0 Å². The molecule has 20 heavy (non-hydrogen) atoms. The summed E-state index contributed by atoms with van der Waals surface area (Å²) in [4.78, 5) is 14.2. The van der Waals surface area contributed by atoms with E-state index in [4.69, 9.17) is 4.52 Å². The number of aromatic nitrogens is 2. The van der Waals surface area contributed by atoms with E-state index in [-0.39, 0.29) is 11.8 Å². The Morgan fingerprint density at radius 1 is 1.45 bits per heavy atom. The Labute approximate surface area is 118 Å². The van der Waals surface area contributed by atoms with Gasteiger partial charge in [-0.05, 0) is 38.3 Å². The lowest BCUT2D eigenvalue weighted by Gasteiger charge is -2.30. The van der Waals surface area contributed by atoms with Gasteiger partial charge in [-0.3, -0.25) is 4.79 Å². The van der Waals surface area contributed by atoms with E-state index in [0.29, 0.717) is 11.8 Å². The second-order valence-corrected chi connectivity index (χ2v) is 5.62. The zero-order chi connectivity index (χ0) is 13.8. The zero-order valence-electron chi connectivity index (χ0n) is 11.5. The summed E-state index contributed by atoms with van der Waals surface area (Å²) >= 11 is 0. The third-order valence-corrected chi connectivity index (χ3v) is 4.25. The van der Waals surface area contributed by atoms with Crippen LogP contribution in [0.4, 0.5) is 5.88 Å². The van der Waals surface area contributed by atoms with Gasteiger partial charge in [-0.15, -0.1) is 5.10 Å². The van der Waals surface area contributed by atoms with E-state index in [1.165, 1.54) is 0 Å². The molecule has 0 aliphatic carbocycles. The minimum absolute atomic E-state index is 0.122. The standard InChI is InChI=1S/C13H21N5O2/c19-13(15-8-10-1-4-14-7-10)11-2-5-18(6-3-11)12-9-16-17-20-12/h9-11,14H,1-8H2,(H,15,19). The first-order valence-electron chi connectivity index (χ1n) is 7.33.